The fraction of sp³-hybridized carbons (Fsp3) is 0.300. The number of β-amino-alcohol motifs (C(OH)–C–C–N with tert-alkyl or cyclic N) is 1. The Morgan fingerprint density at radius 1 is 1.11 bits per heavy atom. The smallest absolute Gasteiger partial charge is 0.256 e. The van der Waals surface area contributed by atoms with Crippen LogP contribution in [0.3, 0.4) is 0 Å². The Morgan fingerprint density at radius 3 is 2.56 bits per heavy atom. The van der Waals surface area contributed by atoms with E-state index in [0.29, 0.717) is 30.8 Å². The van der Waals surface area contributed by atoms with Crippen LogP contribution >= 0.6 is 0 Å². The van der Waals surface area contributed by atoms with Crippen LogP contribution in [0.2, 0.25) is 0 Å². The second-order valence-electron chi connectivity index (χ2n) is 6.47. The molecule has 0 aromatic heterocycles. The van der Waals surface area contributed by atoms with Gasteiger partial charge in [-0.3, -0.25) is 9.59 Å². The molecule has 0 spiro atoms. The Labute approximate surface area is 157 Å². The van der Waals surface area contributed by atoms with E-state index in [4.69, 9.17) is 0 Å². The van der Waals surface area contributed by atoms with Gasteiger partial charge in [-0.15, -0.1) is 0 Å². The average Bonchev–Trinajstić information content (AvgIpc) is 2.68. The average molecular weight is 371 g/mol. The van der Waals surface area contributed by atoms with Crippen LogP contribution in [0, 0.1) is 5.82 Å². The predicted octanol–water partition coefficient (Wildman–Crippen LogP) is 2.47. The monoisotopic (exact) mass is 371 g/mol. The molecule has 0 saturated carbocycles. The van der Waals surface area contributed by atoms with Crippen molar-refractivity contribution < 1.29 is 19.1 Å². The first-order chi connectivity index (χ1) is 13.0. The zero-order valence-corrected chi connectivity index (χ0v) is 14.8. The maximum absolute atomic E-state index is 13.6. The van der Waals surface area contributed by atoms with Crippen molar-refractivity contribution in [3.8, 4) is 0 Å². The summed E-state index contributed by atoms with van der Waals surface area (Å²) in [7, 11) is 0. The molecule has 1 aliphatic rings. The number of halogens is 1. The second-order valence-corrected chi connectivity index (χ2v) is 6.47. The number of anilines is 2. The first-order valence-corrected chi connectivity index (χ1v) is 8.89. The van der Waals surface area contributed by atoms with Gasteiger partial charge < -0.3 is 20.6 Å². The first-order valence-electron chi connectivity index (χ1n) is 8.89. The van der Waals surface area contributed by atoms with E-state index in [1.165, 1.54) is 12.1 Å². The summed E-state index contributed by atoms with van der Waals surface area (Å²) in [6, 6.07) is 12.8. The van der Waals surface area contributed by atoms with E-state index in [-0.39, 0.29) is 18.1 Å². The van der Waals surface area contributed by atoms with Crippen molar-refractivity contribution in [2.24, 2.45) is 0 Å². The van der Waals surface area contributed by atoms with Gasteiger partial charge in [-0.1, -0.05) is 24.3 Å². The Morgan fingerprint density at radius 2 is 1.81 bits per heavy atom. The van der Waals surface area contributed by atoms with Gasteiger partial charge in [0.2, 0.25) is 5.91 Å². The molecule has 7 heteroatoms. The minimum atomic E-state index is -0.509. The summed E-state index contributed by atoms with van der Waals surface area (Å²) in [6.07, 6.45) is 0.947. The molecule has 27 heavy (non-hydrogen) atoms. The molecular weight excluding hydrogens is 349 g/mol. The highest BCUT2D eigenvalue weighted by Crippen LogP contribution is 2.20. The zero-order valence-electron chi connectivity index (χ0n) is 14.8. The van der Waals surface area contributed by atoms with Crippen molar-refractivity contribution in [3.05, 3.63) is 59.9 Å². The highest BCUT2D eigenvalue weighted by atomic mass is 19.1. The third kappa shape index (κ3) is 4.83. The van der Waals surface area contributed by atoms with Crippen LogP contribution in [-0.4, -0.2) is 47.6 Å². The van der Waals surface area contributed by atoms with Crippen molar-refractivity contribution in [2.75, 3.05) is 30.3 Å². The third-order valence-electron chi connectivity index (χ3n) is 4.43. The summed E-state index contributed by atoms with van der Waals surface area (Å²) in [5.41, 5.74) is 1.06. The van der Waals surface area contributed by atoms with Gasteiger partial charge in [0.1, 0.15) is 5.82 Å². The predicted molar refractivity (Wildman–Crippen MR) is 101 cm³/mol. The third-order valence-corrected chi connectivity index (χ3v) is 4.43. The Kier molecular flexibility index (Phi) is 6.03. The molecular formula is C20H22FN3O3. The molecule has 1 aliphatic heterocycles. The van der Waals surface area contributed by atoms with Crippen molar-refractivity contribution in [3.63, 3.8) is 0 Å². The number of hydrogen-bond donors (Lipinski definition) is 3. The number of benzene rings is 2. The zero-order chi connectivity index (χ0) is 19.2. The quantitative estimate of drug-likeness (QED) is 0.754. The summed E-state index contributed by atoms with van der Waals surface area (Å²) in [6.45, 7) is 0.792. The Balaban J connectivity index is 1.64. The lowest BCUT2D eigenvalue weighted by atomic mass is 10.1. The van der Waals surface area contributed by atoms with Gasteiger partial charge in [-0.05, 0) is 37.1 Å². The molecule has 1 atom stereocenters. The van der Waals surface area contributed by atoms with Crippen LogP contribution in [0.1, 0.15) is 23.2 Å². The van der Waals surface area contributed by atoms with Gasteiger partial charge >= 0.3 is 0 Å². The molecule has 3 rings (SSSR count). The van der Waals surface area contributed by atoms with Gasteiger partial charge in [0, 0.05) is 18.8 Å². The summed E-state index contributed by atoms with van der Waals surface area (Å²) in [4.78, 5) is 26.5. The number of carbonyl (C=O) groups is 2. The number of nitrogens with one attached hydrogen (secondary N) is 2. The largest absolute Gasteiger partial charge is 0.391 e. The number of likely N-dealkylation sites (tertiary alicyclic amines) is 1. The van der Waals surface area contributed by atoms with Gasteiger partial charge in [0.25, 0.3) is 5.91 Å². The lowest BCUT2D eigenvalue weighted by Gasteiger charge is -2.30. The van der Waals surface area contributed by atoms with Crippen molar-refractivity contribution in [1.29, 1.82) is 0 Å². The molecule has 0 bridgehead atoms. The van der Waals surface area contributed by atoms with Gasteiger partial charge in [-0.25, -0.2) is 4.39 Å². The van der Waals surface area contributed by atoms with Crippen LogP contribution in [-0.2, 0) is 4.79 Å². The number of amides is 2. The molecule has 0 radical (unpaired) electrons. The summed E-state index contributed by atoms with van der Waals surface area (Å²) in [5.74, 6) is -1.12. The molecule has 0 unspecified atom stereocenters. The van der Waals surface area contributed by atoms with Gasteiger partial charge in [0.15, 0.2) is 0 Å². The Bertz CT molecular complexity index is 828. The number of rotatable bonds is 5. The molecule has 2 aromatic carbocycles. The lowest BCUT2D eigenvalue weighted by molar-refractivity contribution is -0.114. The number of carbonyl (C=O) groups excluding carboxylic acids is 2. The molecule has 1 fully saturated rings. The minimum absolute atomic E-state index is 0.107. The second kappa shape index (κ2) is 8.64. The summed E-state index contributed by atoms with van der Waals surface area (Å²) < 4.78 is 13.6. The van der Waals surface area contributed by atoms with Gasteiger partial charge in [0.05, 0.1) is 23.9 Å². The van der Waals surface area contributed by atoms with Crippen LogP contribution in [0.4, 0.5) is 15.8 Å². The van der Waals surface area contributed by atoms with E-state index in [9.17, 15) is 19.1 Å². The number of hydrogen-bond acceptors (Lipinski definition) is 4. The fourth-order valence-corrected chi connectivity index (χ4v) is 3.07. The number of aliphatic hydroxyl groups excluding tert-OH is 1. The minimum Gasteiger partial charge on any atom is -0.391 e. The molecule has 2 aromatic rings. The maximum Gasteiger partial charge on any atom is 0.256 e. The molecule has 3 N–H and O–H groups in total. The summed E-state index contributed by atoms with van der Waals surface area (Å²) >= 11 is 0. The van der Waals surface area contributed by atoms with E-state index in [2.05, 4.69) is 10.6 Å². The van der Waals surface area contributed by atoms with Crippen LogP contribution < -0.4 is 10.6 Å². The van der Waals surface area contributed by atoms with Crippen LogP contribution in [0.15, 0.2) is 48.5 Å². The van der Waals surface area contributed by atoms with Crippen molar-refractivity contribution in [1.82, 2.24) is 4.90 Å². The standard InChI is InChI=1S/C20H22FN3O3/c21-16-8-2-4-10-18(16)23-19(26)12-22-17-9-3-1-7-15(17)20(27)24-11-5-6-14(25)13-24/h1-4,7-10,14,22,25H,5-6,11-13H2,(H,23,26)/t14-/m0/s1. The van der Waals surface area contributed by atoms with Crippen molar-refractivity contribution in [2.45, 2.75) is 18.9 Å². The highest BCUT2D eigenvalue weighted by molar-refractivity contribution is 6.01. The number of piperidine rings is 1. The summed E-state index contributed by atoms with van der Waals surface area (Å²) in [5, 5.41) is 15.2. The normalized spacial score (nSPS) is 16.7. The van der Waals surface area contributed by atoms with Crippen LogP contribution in [0.5, 0.6) is 0 Å². The van der Waals surface area contributed by atoms with Crippen molar-refractivity contribution >= 4 is 23.2 Å². The highest BCUT2D eigenvalue weighted by Gasteiger charge is 2.24. The van der Waals surface area contributed by atoms with E-state index >= 15 is 0 Å². The topological polar surface area (TPSA) is 81.7 Å². The molecule has 142 valence electrons. The van der Waals surface area contributed by atoms with E-state index in [1.54, 1.807) is 41.3 Å². The number of nitrogens with zero attached hydrogens (tertiary/aromatic N) is 1. The lowest BCUT2D eigenvalue weighted by Crippen LogP contribution is -2.42. The molecule has 1 heterocycles. The first kappa shape index (κ1) is 18.8. The molecule has 1 saturated heterocycles. The SMILES string of the molecule is O=C(CNc1ccccc1C(=O)N1CCC[C@H](O)C1)Nc1ccccc1F. The van der Waals surface area contributed by atoms with Crippen LogP contribution in [0.25, 0.3) is 0 Å². The Hall–Kier alpha value is -2.93. The van der Waals surface area contributed by atoms with E-state index in [1.807, 2.05) is 0 Å². The van der Waals surface area contributed by atoms with Gasteiger partial charge in [-0.2, -0.15) is 0 Å². The maximum atomic E-state index is 13.6. The number of aliphatic hydroxyl groups is 1. The molecule has 6 nitrogen and oxygen atoms in total. The van der Waals surface area contributed by atoms with E-state index in [0.717, 1.165) is 6.42 Å². The fourth-order valence-electron chi connectivity index (χ4n) is 3.07. The molecule has 0 aliphatic carbocycles. The number of para-hydroxylation sites is 2. The molecule has 2 amide bonds. The van der Waals surface area contributed by atoms with E-state index < -0.39 is 17.8 Å².